The molecule has 3 nitrogen and oxygen atoms in total. The Kier molecular flexibility index (Phi) is 3.88. The molecule has 0 aliphatic carbocycles. The van der Waals surface area contributed by atoms with Gasteiger partial charge in [-0.15, -0.1) is 0 Å². The average molecular weight is 306 g/mol. The number of carbonyl (C=O) groups excluding carboxylic acids is 1. The smallest absolute Gasteiger partial charge is 0.241 e. The molecule has 2 aliphatic rings. The number of fused-ring (bicyclic) bond motifs is 1. The first-order chi connectivity index (χ1) is 11.3. The van der Waals surface area contributed by atoms with Crippen LogP contribution in [0.5, 0.6) is 0 Å². The predicted molar refractivity (Wildman–Crippen MR) is 92.5 cm³/mol. The molecule has 2 heterocycles. The zero-order valence-corrected chi connectivity index (χ0v) is 13.3. The third-order valence-electron chi connectivity index (χ3n) is 5.07. The number of benzene rings is 2. The fraction of sp³-hybridized carbons (Fsp3) is 0.350. The molecule has 2 aliphatic heterocycles. The van der Waals surface area contributed by atoms with Gasteiger partial charge in [0.25, 0.3) is 0 Å². The number of amides is 1. The van der Waals surface area contributed by atoms with Crippen molar-refractivity contribution in [1.29, 1.82) is 0 Å². The zero-order valence-electron chi connectivity index (χ0n) is 13.3. The maximum Gasteiger partial charge on any atom is 0.241 e. The molecule has 0 spiro atoms. The Labute approximate surface area is 137 Å². The monoisotopic (exact) mass is 306 g/mol. The normalized spacial score (nSPS) is 20.7. The Hall–Kier alpha value is -2.13. The lowest BCUT2D eigenvalue weighted by molar-refractivity contribution is -0.119. The molecule has 23 heavy (non-hydrogen) atoms. The summed E-state index contributed by atoms with van der Waals surface area (Å²) in [7, 11) is 0. The van der Waals surface area contributed by atoms with E-state index in [1.807, 2.05) is 11.0 Å². The highest BCUT2D eigenvalue weighted by atomic mass is 16.2. The first-order valence-corrected chi connectivity index (χ1v) is 8.50. The summed E-state index contributed by atoms with van der Waals surface area (Å²) in [6, 6.07) is 19.2. The van der Waals surface area contributed by atoms with Crippen molar-refractivity contribution < 1.29 is 4.79 Å². The molecule has 0 unspecified atom stereocenters. The number of likely N-dealkylation sites (tertiary alicyclic amines) is 1. The molecule has 1 atom stereocenters. The van der Waals surface area contributed by atoms with Crippen LogP contribution in [0.3, 0.4) is 0 Å². The van der Waals surface area contributed by atoms with Crippen LogP contribution in [0.25, 0.3) is 0 Å². The van der Waals surface area contributed by atoms with E-state index in [1.54, 1.807) is 0 Å². The molecule has 118 valence electrons. The van der Waals surface area contributed by atoms with Crippen LogP contribution in [-0.4, -0.2) is 30.4 Å². The van der Waals surface area contributed by atoms with Crippen molar-refractivity contribution in [2.24, 2.45) is 0 Å². The maximum absolute atomic E-state index is 12.8. The van der Waals surface area contributed by atoms with Gasteiger partial charge in [-0.3, -0.25) is 9.69 Å². The van der Waals surface area contributed by atoms with E-state index in [2.05, 4.69) is 53.4 Å². The molecule has 0 saturated carbocycles. The fourth-order valence-corrected chi connectivity index (χ4v) is 3.92. The highest BCUT2D eigenvalue weighted by Gasteiger charge is 2.31. The molecule has 1 amide bonds. The topological polar surface area (TPSA) is 23.6 Å². The second kappa shape index (κ2) is 6.17. The van der Waals surface area contributed by atoms with Crippen LogP contribution in [0.15, 0.2) is 54.6 Å². The van der Waals surface area contributed by atoms with E-state index in [1.165, 1.54) is 17.5 Å². The molecule has 3 heteroatoms. The van der Waals surface area contributed by atoms with E-state index >= 15 is 0 Å². The van der Waals surface area contributed by atoms with Crippen LogP contribution < -0.4 is 4.90 Å². The van der Waals surface area contributed by atoms with Gasteiger partial charge in [0.1, 0.15) is 0 Å². The summed E-state index contributed by atoms with van der Waals surface area (Å²) in [6.45, 7) is 2.36. The molecule has 1 fully saturated rings. The predicted octanol–water partition coefficient (Wildman–Crippen LogP) is 3.41. The lowest BCUT2D eigenvalue weighted by Gasteiger charge is -2.27. The van der Waals surface area contributed by atoms with Gasteiger partial charge in [0.2, 0.25) is 5.91 Å². The van der Waals surface area contributed by atoms with Crippen LogP contribution in [0, 0.1) is 0 Å². The van der Waals surface area contributed by atoms with Gasteiger partial charge in [0.15, 0.2) is 0 Å². The van der Waals surface area contributed by atoms with Crippen LogP contribution in [0.4, 0.5) is 5.69 Å². The van der Waals surface area contributed by atoms with E-state index in [9.17, 15) is 4.79 Å². The van der Waals surface area contributed by atoms with Crippen molar-refractivity contribution in [3.8, 4) is 0 Å². The number of para-hydroxylation sites is 1. The molecule has 4 rings (SSSR count). The Morgan fingerprint density at radius 2 is 1.78 bits per heavy atom. The second-order valence-electron chi connectivity index (χ2n) is 6.46. The highest BCUT2D eigenvalue weighted by molar-refractivity contribution is 5.96. The molecule has 2 aromatic carbocycles. The minimum atomic E-state index is 0.234. The van der Waals surface area contributed by atoms with Gasteiger partial charge in [-0.05, 0) is 43.0 Å². The van der Waals surface area contributed by atoms with Crippen molar-refractivity contribution in [3.05, 3.63) is 65.7 Å². The number of anilines is 1. The Bertz CT molecular complexity index is 698. The number of nitrogens with zero attached hydrogens (tertiary/aromatic N) is 2. The van der Waals surface area contributed by atoms with E-state index < -0.39 is 0 Å². The molecule has 0 N–H and O–H groups in total. The number of hydrogen-bond donors (Lipinski definition) is 0. The summed E-state index contributed by atoms with van der Waals surface area (Å²) >= 11 is 0. The molecule has 0 bridgehead atoms. The van der Waals surface area contributed by atoms with Gasteiger partial charge in [-0.25, -0.2) is 0 Å². The molecular formula is C20H22N2O. The molecular weight excluding hydrogens is 284 g/mol. The molecule has 0 aromatic heterocycles. The summed E-state index contributed by atoms with van der Waals surface area (Å²) in [5, 5.41) is 0. The van der Waals surface area contributed by atoms with Crippen molar-refractivity contribution in [1.82, 2.24) is 4.90 Å². The summed E-state index contributed by atoms with van der Waals surface area (Å²) in [5.74, 6) is 0.234. The molecule has 0 radical (unpaired) electrons. The SMILES string of the molecule is O=C(CN1CCC[C@@H]1c1ccccc1)N1CCc2ccccc21. The van der Waals surface area contributed by atoms with E-state index in [-0.39, 0.29) is 5.91 Å². The van der Waals surface area contributed by atoms with Crippen molar-refractivity contribution in [2.75, 3.05) is 24.5 Å². The number of hydrogen-bond acceptors (Lipinski definition) is 2. The van der Waals surface area contributed by atoms with Gasteiger partial charge in [0, 0.05) is 18.3 Å². The van der Waals surface area contributed by atoms with Crippen LogP contribution in [0.2, 0.25) is 0 Å². The molecule has 1 saturated heterocycles. The first kappa shape index (κ1) is 14.5. The lowest BCUT2D eigenvalue weighted by atomic mass is 10.0. The minimum absolute atomic E-state index is 0.234. The summed E-state index contributed by atoms with van der Waals surface area (Å²) in [4.78, 5) is 17.1. The largest absolute Gasteiger partial charge is 0.311 e. The van der Waals surface area contributed by atoms with Gasteiger partial charge in [-0.2, -0.15) is 0 Å². The standard InChI is InChI=1S/C20H22N2O/c23-20(22-14-12-17-9-4-5-10-19(17)22)15-21-13-6-11-18(21)16-7-2-1-3-8-16/h1-5,7-10,18H,6,11-15H2/t18-/m1/s1. The van der Waals surface area contributed by atoms with Gasteiger partial charge >= 0.3 is 0 Å². The molecule has 2 aromatic rings. The quantitative estimate of drug-likeness (QED) is 0.867. The van der Waals surface area contributed by atoms with Gasteiger partial charge < -0.3 is 4.90 Å². The van der Waals surface area contributed by atoms with Crippen molar-refractivity contribution >= 4 is 11.6 Å². The fourth-order valence-electron chi connectivity index (χ4n) is 3.92. The Morgan fingerprint density at radius 1 is 1.00 bits per heavy atom. The second-order valence-corrected chi connectivity index (χ2v) is 6.46. The number of rotatable bonds is 3. The minimum Gasteiger partial charge on any atom is -0.311 e. The number of carbonyl (C=O) groups is 1. The van der Waals surface area contributed by atoms with Crippen molar-refractivity contribution in [3.63, 3.8) is 0 Å². The maximum atomic E-state index is 12.8. The summed E-state index contributed by atoms with van der Waals surface area (Å²) < 4.78 is 0. The third kappa shape index (κ3) is 2.77. The van der Waals surface area contributed by atoms with Crippen molar-refractivity contribution in [2.45, 2.75) is 25.3 Å². The summed E-state index contributed by atoms with van der Waals surface area (Å²) in [5.41, 5.74) is 3.73. The first-order valence-electron chi connectivity index (χ1n) is 8.50. The highest BCUT2D eigenvalue weighted by Crippen LogP contribution is 2.33. The van der Waals surface area contributed by atoms with E-state index in [0.29, 0.717) is 12.6 Å². The van der Waals surface area contributed by atoms with Gasteiger partial charge in [0.05, 0.1) is 6.54 Å². The van der Waals surface area contributed by atoms with Crippen LogP contribution >= 0.6 is 0 Å². The Morgan fingerprint density at radius 3 is 2.65 bits per heavy atom. The average Bonchev–Trinajstić information content (AvgIpc) is 3.22. The van der Waals surface area contributed by atoms with E-state index in [0.717, 1.165) is 31.6 Å². The van der Waals surface area contributed by atoms with E-state index in [4.69, 9.17) is 0 Å². The van der Waals surface area contributed by atoms with Gasteiger partial charge in [-0.1, -0.05) is 48.5 Å². The van der Waals surface area contributed by atoms with Crippen LogP contribution in [0.1, 0.15) is 30.0 Å². The Balaban J connectivity index is 1.49. The summed E-state index contributed by atoms with van der Waals surface area (Å²) in [6.07, 6.45) is 3.29. The zero-order chi connectivity index (χ0) is 15.6. The lowest BCUT2D eigenvalue weighted by Crippen LogP contribution is -2.39. The third-order valence-corrected chi connectivity index (χ3v) is 5.07. The van der Waals surface area contributed by atoms with Crippen LogP contribution in [-0.2, 0) is 11.2 Å².